The highest BCUT2D eigenvalue weighted by Gasteiger charge is 2.19. The topological polar surface area (TPSA) is 75.7 Å². The first-order valence-corrected chi connectivity index (χ1v) is 10.6. The molecule has 0 spiro atoms. The first-order valence-electron chi connectivity index (χ1n) is 9.13. The van der Waals surface area contributed by atoms with E-state index in [-0.39, 0.29) is 10.8 Å². The van der Waals surface area contributed by atoms with Crippen molar-refractivity contribution in [3.05, 3.63) is 66.2 Å². The first-order chi connectivity index (χ1) is 13.7. The quantitative estimate of drug-likeness (QED) is 0.667. The molecule has 1 atom stereocenters. The van der Waals surface area contributed by atoms with E-state index in [0.717, 1.165) is 26.4 Å². The van der Waals surface area contributed by atoms with Gasteiger partial charge in [0.25, 0.3) is 0 Å². The Morgan fingerprint density at radius 2 is 1.69 bits per heavy atom. The van der Waals surface area contributed by atoms with E-state index in [4.69, 9.17) is 4.74 Å². The minimum absolute atomic E-state index is 0.132. The molecule has 3 aromatic carbocycles. The Morgan fingerprint density at radius 3 is 2.38 bits per heavy atom. The van der Waals surface area contributed by atoms with Crippen molar-refractivity contribution in [2.45, 2.75) is 17.7 Å². The number of nitrogens with one attached hydrogen (secondary N) is 1. The van der Waals surface area contributed by atoms with E-state index in [9.17, 15) is 13.2 Å². The van der Waals surface area contributed by atoms with E-state index >= 15 is 0 Å². The average molecular weight is 413 g/mol. The molecule has 0 bridgehead atoms. The maximum absolute atomic E-state index is 12.8. The van der Waals surface area contributed by atoms with Crippen molar-refractivity contribution in [3.63, 3.8) is 0 Å². The second-order valence-electron chi connectivity index (χ2n) is 7.00. The Balaban J connectivity index is 1.81. The Morgan fingerprint density at radius 1 is 1.00 bits per heavy atom. The summed E-state index contributed by atoms with van der Waals surface area (Å²) in [4.78, 5) is 12.9. The van der Waals surface area contributed by atoms with Crippen LogP contribution >= 0.6 is 0 Å². The van der Waals surface area contributed by atoms with Gasteiger partial charge in [0.15, 0.2) is 0 Å². The lowest BCUT2D eigenvalue weighted by Gasteiger charge is -2.15. The van der Waals surface area contributed by atoms with Crippen molar-refractivity contribution in [3.8, 4) is 5.75 Å². The summed E-state index contributed by atoms with van der Waals surface area (Å²) in [5.41, 5.74) is 1.31. The smallest absolute Gasteiger partial charge is 0.242 e. The van der Waals surface area contributed by atoms with E-state index in [2.05, 4.69) is 5.32 Å². The van der Waals surface area contributed by atoms with Gasteiger partial charge >= 0.3 is 0 Å². The van der Waals surface area contributed by atoms with Crippen molar-refractivity contribution < 1.29 is 17.9 Å². The number of methoxy groups -OCH3 is 1. The highest BCUT2D eigenvalue weighted by atomic mass is 32.2. The molecule has 0 aliphatic carbocycles. The molecule has 0 fully saturated rings. The Kier molecular flexibility index (Phi) is 5.91. The highest BCUT2D eigenvalue weighted by molar-refractivity contribution is 7.89. The molecule has 3 rings (SSSR count). The maximum Gasteiger partial charge on any atom is 0.242 e. The van der Waals surface area contributed by atoms with Crippen LogP contribution in [0.4, 0.5) is 5.69 Å². The number of hydrogen-bond donors (Lipinski definition) is 1. The fraction of sp³-hybridized carbons (Fsp3) is 0.227. The molecule has 6 nitrogen and oxygen atoms in total. The highest BCUT2D eigenvalue weighted by Crippen LogP contribution is 2.26. The van der Waals surface area contributed by atoms with Gasteiger partial charge in [-0.1, -0.05) is 30.3 Å². The number of anilines is 1. The molecular weight excluding hydrogens is 388 g/mol. The van der Waals surface area contributed by atoms with E-state index in [0.29, 0.717) is 5.69 Å². The van der Waals surface area contributed by atoms with E-state index < -0.39 is 15.9 Å². The number of rotatable bonds is 6. The number of benzene rings is 3. The summed E-state index contributed by atoms with van der Waals surface area (Å²) in [6.45, 7) is 1.82. The fourth-order valence-electron chi connectivity index (χ4n) is 2.99. The minimum atomic E-state index is -3.57. The molecule has 29 heavy (non-hydrogen) atoms. The monoisotopic (exact) mass is 412 g/mol. The lowest BCUT2D eigenvalue weighted by Crippen LogP contribution is -2.23. The predicted octanol–water partition coefficient (Wildman–Crippen LogP) is 3.84. The van der Waals surface area contributed by atoms with Crippen molar-refractivity contribution in [2.75, 3.05) is 26.5 Å². The molecule has 1 N–H and O–H groups in total. The number of ether oxygens (including phenoxy) is 1. The van der Waals surface area contributed by atoms with E-state index in [1.54, 1.807) is 19.2 Å². The number of carbonyl (C=O) groups is 1. The molecule has 0 unspecified atom stereocenters. The van der Waals surface area contributed by atoms with Gasteiger partial charge in [-0.25, -0.2) is 12.7 Å². The van der Waals surface area contributed by atoms with Crippen LogP contribution in [0, 0.1) is 0 Å². The number of nitrogens with zero attached hydrogens (tertiary/aromatic N) is 1. The van der Waals surface area contributed by atoms with Crippen LogP contribution in [0.5, 0.6) is 5.75 Å². The van der Waals surface area contributed by atoms with Crippen LogP contribution < -0.4 is 10.1 Å². The number of carbonyl (C=O) groups excluding carboxylic acids is 1. The van der Waals surface area contributed by atoms with Gasteiger partial charge in [0.05, 0.1) is 17.9 Å². The summed E-state index contributed by atoms with van der Waals surface area (Å²) >= 11 is 0. The summed E-state index contributed by atoms with van der Waals surface area (Å²) in [7, 11) is 1.00. The van der Waals surface area contributed by atoms with Gasteiger partial charge in [0.2, 0.25) is 15.9 Å². The molecule has 1 amide bonds. The van der Waals surface area contributed by atoms with Crippen LogP contribution in [0.3, 0.4) is 0 Å². The minimum Gasteiger partial charge on any atom is -0.497 e. The fourth-order valence-corrected chi connectivity index (χ4v) is 3.93. The van der Waals surface area contributed by atoms with Crippen LogP contribution in [-0.4, -0.2) is 39.8 Å². The van der Waals surface area contributed by atoms with Gasteiger partial charge in [-0.15, -0.1) is 0 Å². The van der Waals surface area contributed by atoms with Gasteiger partial charge < -0.3 is 10.1 Å². The largest absolute Gasteiger partial charge is 0.497 e. The van der Waals surface area contributed by atoms with Gasteiger partial charge in [0, 0.05) is 19.8 Å². The molecule has 7 heteroatoms. The third-order valence-corrected chi connectivity index (χ3v) is 6.66. The molecule has 0 heterocycles. The third-order valence-electron chi connectivity index (χ3n) is 4.84. The Hall–Kier alpha value is -2.90. The van der Waals surface area contributed by atoms with Crippen LogP contribution in [0.25, 0.3) is 10.8 Å². The number of sulfonamides is 1. The van der Waals surface area contributed by atoms with Gasteiger partial charge in [-0.05, 0) is 53.6 Å². The zero-order valence-electron chi connectivity index (χ0n) is 16.8. The van der Waals surface area contributed by atoms with Crippen molar-refractivity contribution in [2.24, 2.45) is 0 Å². The second-order valence-corrected chi connectivity index (χ2v) is 9.15. The number of hydrogen-bond acceptors (Lipinski definition) is 4. The van der Waals surface area contributed by atoms with Crippen LogP contribution in [-0.2, 0) is 14.8 Å². The van der Waals surface area contributed by atoms with Crippen LogP contribution in [0.15, 0.2) is 65.6 Å². The summed E-state index contributed by atoms with van der Waals surface area (Å²) in [6.07, 6.45) is 0. The molecule has 0 aromatic heterocycles. The normalized spacial score (nSPS) is 12.7. The summed E-state index contributed by atoms with van der Waals surface area (Å²) in [5.74, 6) is 0.163. The van der Waals surface area contributed by atoms with Crippen molar-refractivity contribution in [1.82, 2.24) is 4.31 Å². The van der Waals surface area contributed by atoms with E-state index in [1.165, 1.54) is 26.2 Å². The summed E-state index contributed by atoms with van der Waals surface area (Å²) in [5, 5.41) is 4.86. The first kappa shape index (κ1) is 20.8. The van der Waals surface area contributed by atoms with Crippen molar-refractivity contribution in [1.29, 1.82) is 0 Å². The maximum atomic E-state index is 12.8. The zero-order chi connectivity index (χ0) is 21.2. The molecule has 0 saturated heterocycles. The summed E-state index contributed by atoms with van der Waals surface area (Å²) in [6, 6.07) is 17.9. The number of fused-ring (bicyclic) bond motifs is 1. The van der Waals surface area contributed by atoms with Gasteiger partial charge in [-0.2, -0.15) is 0 Å². The zero-order valence-corrected chi connectivity index (χ0v) is 17.7. The van der Waals surface area contributed by atoms with Crippen molar-refractivity contribution >= 4 is 32.4 Å². The SMILES string of the molecule is COc1ccc2cc([C@@H](C)C(=O)Nc3cccc(S(=O)(=O)N(C)C)c3)ccc2c1. The average Bonchev–Trinajstić information content (AvgIpc) is 2.72. The molecular formula is C22H24N2O4S. The predicted molar refractivity (Wildman–Crippen MR) is 115 cm³/mol. The number of amides is 1. The summed E-state index contributed by atoms with van der Waals surface area (Å²) < 4.78 is 31.0. The van der Waals surface area contributed by atoms with Crippen LogP contribution in [0.1, 0.15) is 18.4 Å². The third kappa shape index (κ3) is 4.41. The standard InChI is InChI=1S/C22H24N2O4S/c1-15(16-8-9-18-13-20(28-4)11-10-17(18)12-16)22(25)23-19-6-5-7-21(14-19)29(26,27)24(2)3/h5-15H,1-4H3,(H,23,25)/t15-/m1/s1. The van der Waals surface area contributed by atoms with Gasteiger partial charge in [-0.3, -0.25) is 4.79 Å². The molecule has 0 aliphatic heterocycles. The lowest BCUT2D eigenvalue weighted by atomic mass is 9.97. The van der Waals surface area contributed by atoms with Gasteiger partial charge in [0.1, 0.15) is 5.75 Å². The molecule has 152 valence electrons. The Bertz CT molecular complexity index is 1160. The molecule has 0 saturated carbocycles. The van der Waals surface area contributed by atoms with Crippen LogP contribution in [0.2, 0.25) is 0 Å². The van der Waals surface area contributed by atoms with E-state index in [1.807, 2.05) is 43.3 Å². The Labute approximate surface area is 171 Å². The molecule has 0 aliphatic rings. The second kappa shape index (κ2) is 8.23. The lowest BCUT2D eigenvalue weighted by molar-refractivity contribution is -0.117. The molecule has 0 radical (unpaired) electrons. The molecule has 3 aromatic rings.